The van der Waals surface area contributed by atoms with Gasteiger partial charge in [0, 0.05) is 18.9 Å². The number of aliphatic carboxylic acids is 1. The fourth-order valence-electron chi connectivity index (χ4n) is 5.69. The highest BCUT2D eigenvalue weighted by molar-refractivity contribution is 7.99. The van der Waals surface area contributed by atoms with Gasteiger partial charge in [-0.15, -0.1) is 0 Å². The average Bonchev–Trinajstić information content (AvgIpc) is 3.45. The molecule has 4 fully saturated rings. The number of fused-ring (bicyclic) bond motifs is 5. The third kappa shape index (κ3) is 6.98. The van der Waals surface area contributed by atoms with Crippen LogP contribution >= 0.6 is 11.8 Å². The molecule has 6 atom stereocenters. The summed E-state index contributed by atoms with van der Waals surface area (Å²) in [6.45, 7) is 0.512. The van der Waals surface area contributed by atoms with Crippen LogP contribution in [0.5, 0.6) is 0 Å². The fraction of sp³-hybridized carbons (Fsp3) is 0.800. The normalized spacial score (nSPS) is 32.0. The summed E-state index contributed by atoms with van der Waals surface area (Å²) >= 11 is 1.67. The van der Waals surface area contributed by atoms with E-state index in [0.717, 1.165) is 24.5 Å². The van der Waals surface area contributed by atoms with E-state index >= 15 is 0 Å². The van der Waals surface area contributed by atoms with Gasteiger partial charge in [-0.2, -0.15) is 11.8 Å². The second-order valence-electron chi connectivity index (χ2n) is 10.1. The molecular formula is C25H38N2O6S. The summed E-state index contributed by atoms with van der Waals surface area (Å²) in [4.78, 5) is 35.1. The van der Waals surface area contributed by atoms with Crippen molar-refractivity contribution < 1.29 is 29.0 Å². The molecule has 0 aromatic carbocycles. The summed E-state index contributed by atoms with van der Waals surface area (Å²) in [5, 5.41) is 14.4. The molecule has 1 saturated carbocycles. The number of amides is 2. The van der Waals surface area contributed by atoms with Crippen molar-refractivity contribution in [1.29, 1.82) is 0 Å². The van der Waals surface area contributed by atoms with E-state index in [1.165, 1.54) is 32.1 Å². The molecule has 0 unspecified atom stereocenters. The van der Waals surface area contributed by atoms with Gasteiger partial charge in [0.15, 0.2) is 0 Å². The van der Waals surface area contributed by atoms with Crippen LogP contribution in [0.25, 0.3) is 0 Å². The Morgan fingerprint density at radius 3 is 2.41 bits per heavy atom. The maximum absolute atomic E-state index is 12.4. The van der Waals surface area contributed by atoms with E-state index < -0.39 is 5.97 Å². The van der Waals surface area contributed by atoms with Gasteiger partial charge in [0.25, 0.3) is 0 Å². The Morgan fingerprint density at radius 1 is 0.912 bits per heavy atom. The number of carbonyl (C=O) groups excluding carboxylic acids is 2. The van der Waals surface area contributed by atoms with Crippen LogP contribution in [-0.4, -0.2) is 71.9 Å². The summed E-state index contributed by atoms with van der Waals surface area (Å²) < 4.78 is 11.9. The third-order valence-electron chi connectivity index (χ3n) is 7.55. The topological polar surface area (TPSA) is 117 Å². The predicted molar refractivity (Wildman–Crippen MR) is 129 cm³/mol. The Hall–Kier alpha value is -1.58. The number of nitrogens with one attached hydrogen (secondary N) is 2. The highest BCUT2D eigenvalue weighted by Gasteiger charge is 2.68. The van der Waals surface area contributed by atoms with Crippen LogP contribution in [0.15, 0.2) is 12.2 Å². The molecular weight excluding hydrogens is 456 g/mol. The van der Waals surface area contributed by atoms with Crippen molar-refractivity contribution in [3.63, 3.8) is 0 Å². The molecule has 0 aromatic rings. The van der Waals surface area contributed by atoms with E-state index in [2.05, 4.69) is 16.7 Å². The monoisotopic (exact) mass is 494 g/mol. The van der Waals surface area contributed by atoms with Crippen molar-refractivity contribution in [2.24, 2.45) is 17.8 Å². The van der Waals surface area contributed by atoms with E-state index in [4.69, 9.17) is 14.6 Å². The lowest BCUT2D eigenvalue weighted by Crippen LogP contribution is -2.44. The number of hydrogen-bond acceptors (Lipinski definition) is 6. The summed E-state index contributed by atoms with van der Waals surface area (Å²) in [6.07, 6.45) is 13.5. The molecule has 2 amide bonds. The lowest BCUT2D eigenvalue weighted by molar-refractivity contribution is -0.137. The lowest BCUT2D eigenvalue weighted by atomic mass is 9.77. The number of carbonyl (C=O) groups is 3. The molecule has 3 saturated heterocycles. The summed E-state index contributed by atoms with van der Waals surface area (Å²) in [5.74, 6) is 1.61. The number of carboxylic acids is 1. The Morgan fingerprint density at radius 2 is 1.65 bits per heavy atom. The molecule has 190 valence electrons. The second kappa shape index (κ2) is 12.4. The molecule has 1 aliphatic carbocycles. The van der Waals surface area contributed by atoms with Gasteiger partial charge < -0.3 is 25.2 Å². The second-order valence-corrected chi connectivity index (χ2v) is 11.1. The van der Waals surface area contributed by atoms with Crippen molar-refractivity contribution in [2.75, 3.05) is 24.6 Å². The maximum atomic E-state index is 12.4. The average molecular weight is 495 g/mol. The van der Waals surface area contributed by atoms with Gasteiger partial charge in [0.1, 0.15) is 12.2 Å². The first-order chi connectivity index (χ1) is 16.5. The zero-order chi connectivity index (χ0) is 23.9. The SMILES string of the molecule is O=C(O)CCC/C=C\C[C@H]1[C@@H](CNC(=O)CNC(=O)CSCC2CCCCC2)[C@@H]2O[C@H]1[C@@H]1O[C@@H]12. The number of rotatable bonds is 14. The van der Waals surface area contributed by atoms with Crippen molar-refractivity contribution in [1.82, 2.24) is 10.6 Å². The largest absolute Gasteiger partial charge is 0.481 e. The number of carboxylic acid groups (broad SMARTS) is 1. The van der Waals surface area contributed by atoms with Crippen LogP contribution in [0.3, 0.4) is 0 Å². The van der Waals surface area contributed by atoms with Gasteiger partial charge >= 0.3 is 5.97 Å². The van der Waals surface area contributed by atoms with Crippen LogP contribution in [0.4, 0.5) is 0 Å². The fourth-order valence-corrected chi connectivity index (χ4v) is 6.76. The Balaban J connectivity index is 1.12. The van der Waals surface area contributed by atoms with E-state index in [1.54, 1.807) is 11.8 Å². The number of ether oxygens (including phenoxy) is 2. The quantitative estimate of drug-likeness (QED) is 0.193. The number of thioether (sulfide) groups is 1. The van der Waals surface area contributed by atoms with Gasteiger partial charge in [0.2, 0.25) is 11.8 Å². The van der Waals surface area contributed by atoms with Crippen molar-refractivity contribution >= 4 is 29.5 Å². The standard InChI is InChI=1S/C25H38N2O6S/c28-19(13-27-20(29)15-34-14-16-8-4-3-5-9-16)26-12-18-17(10-6-1-2-7-11-21(30)31)22-24-25(33-24)23(18)32-22/h1,6,16-18,22-25H,2-5,7-15H2,(H,26,28)(H,27,29)(H,30,31)/b6-1-/t17-,18+,22+,23-,24-,25+/m0/s1. The molecule has 2 bridgehead atoms. The predicted octanol–water partition coefficient (Wildman–Crippen LogP) is 2.51. The molecule has 3 aliphatic heterocycles. The minimum atomic E-state index is -0.767. The van der Waals surface area contributed by atoms with Crippen molar-refractivity contribution in [3.8, 4) is 0 Å². The Kier molecular flexibility index (Phi) is 9.31. The first-order valence-electron chi connectivity index (χ1n) is 12.8. The van der Waals surface area contributed by atoms with Gasteiger partial charge in [-0.3, -0.25) is 14.4 Å². The first kappa shape index (κ1) is 25.5. The van der Waals surface area contributed by atoms with Crippen molar-refractivity contribution in [2.45, 2.75) is 82.2 Å². The number of unbranched alkanes of at least 4 members (excludes halogenated alkanes) is 1. The third-order valence-corrected chi connectivity index (χ3v) is 8.72. The lowest BCUT2D eigenvalue weighted by Gasteiger charge is -2.25. The van der Waals surface area contributed by atoms with E-state index in [1.807, 2.05) is 6.08 Å². The summed E-state index contributed by atoms with van der Waals surface area (Å²) in [7, 11) is 0. The first-order valence-corrected chi connectivity index (χ1v) is 14.0. The van der Waals surface area contributed by atoms with Crippen LogP contribution in [0.2, 0.25) is 0 Å². The van der Waals surface area contributed by atoms with Crippen LogP contribution in [0, 0.1) is 17.8 Å². The maximum Gasteiger partial charge on any atom is 0.303 e. The van der Waals surface area contributed by atoms with Gasteiger partial charge in [-0.05, 0) is 49.7 Å². The molecule has 8 nitrogen and oxygen atoms in total. The highest BCUT2D eigenvalue weighted by atomic mass is 32.2. The molecule has 0 aromatic heterocycles. The van der Waals surface area contributed by atoms with Gasteiger partial charge in [-0.1, -0.05) is 31.4 Å². The van der Waals surface area contributed by atoms with Crippen LogP contribution in [-0.2, 0) is 23.9 Å². The summed E-state index contributed by atoms with van der Waals surface area (Å²) in [6, 6.07) is 0. The zero-order valence-corrected chi connectivity index (χ0v) is 20.6. The molecule has 3 N–H and O–H groups in total. The number of allylic oxidation sites excluding steroid dienone is 2. The van der Waals surface area contributed by atoms with E-state index in [-0.39, 0.29) is 61.0 Å². The molecule has 9 heteroatoms. The summed E-state index contributed by atoms with van der Waals surface area (Å²) in [5.41, 5.74) is 0. The molecule has 4 rings (SSSR count). The van der Waals surface area contributed by atoms with Crippen LogP contribution < -0.4 is 10.6 Å². The van der Waals surface area contributed by atoms with E-state index in [0.29, 0.717) is 18.7 Å². The smallest absolute Gasteiger partial charge is 0.303 e. The Bertz CT molecular complexity index is 756. The zero-order valence-electron chi connectivity index (χ0n) is 19.8. The minimum absolute atomic E-state index is 0.00119. The van der Waals surface area contributed by atoms with Gasteiger partial charge in [0.05, 0.1) is 24.5 Å². The molecule has 34 heavy (non-hydrogen) atoms. The van der Waals surface area contributed by atoms with Crippen LogP contribution in [0.1, 0.15) is 57.8 Å². The Labute approximate surface area is 206 Å². The van der Waals surface area contributed by atoms with Gasteiger partial charge in [-0.25, -0.2) is 0 Å². The minimum Gasteiger partial charge on any atom is -0.481 e. The molecule has 0 radical (unpaired) electrons. The highest BCUT2D eigenvalue weighted by Crippen LogP contribution is 2.54. The molecule has 4 aliphatic rings. The van der Waals surface area contributed by atoms with Crippen molar-refractivity contribution in [3.05, 3.63) is 12.2 Å². The van der Waals surface area contributed by atoms with E-state index in [9.17, 15) is 14.4 Å². The molecule has 0 spiro atoms. The molecule has 3 heterocycles. The number of hydrogen-bond donors (Lipinski definition) is 3. The number of epoxide rings is 1.